The van der Waals surface area contributed by atoms with Crippen LogP contribution in [0.1, 0.15) is 27.1 Å². The molecule has 1 aliphatic rings. The van der Waals surface area contributed by atoms with E-state index in [9.17, 15) is 9.59 Å². The van der Waals surface area contributed by atoms with Gasteiger partial charge in [-0.15, -0.1) is 0 Å². The summed E-state index contributed by atoms with van der Waals surface area (Å²) in [6.45, 7) is 7.52. The van der Waals surface area contributed by atoms with Crippen molar-refractivity contribution in [1.29, 1.82) is 0 Å². The topological polar surface area (TPSA) is 52.6 Å². The lowest BCUT2D eigenvalue weighted by atomic mass is 9.94. The molecule has 0 spiro atoms. The molecule has 0 N–H and O–H groups in total. The van der Waals surface area contributed by atoms with Gasteiger partial charge in [0.15, 0.2) is 11.6 Å². The van der Waals surface area contributed by atoms with Crippen LogP contribution in [0.4, 0.5) is 0 Å². The fourth-order valence-corrected chi connectivity index (χ4v) is 3.29. The highest BCUT2D eigenvalue weighted by molar-refractivity contribution is 9.10. The third kappa shape index (κ3) is 3.81. The number of carbonyl (C=O) groups is 2. The number of carbonyl (C=O) groups excluding carboxylic acids is 2. The van der Waals surface area contributed by atoms with Crippen molar-refractivity contribution in [2.24, 2.45) is 0 Å². The molecule has 0 saturated heterocycles. The lowest BCUT2D eigenvalue weighted by Crippen LogP contribution is -2.15. The average molecular weight is 478 g/mol. The lowest BCUT2D eigenvalue weighted by molar-refractivity contribution is 0.0974. The Morgan fingerprint density at radius 1 is 0.769 bits per heavy atom. The smallest absolute Gasteiger partial charge is 0.230 e. The summed E-state index contributed by atoms with van der Waals surface area (Å²) in [6, 6.07) is 10.2. The van der Waals surface area contributed by atoms with E-state index in [1.165, 1.54) is 0 Å². The van der Waals surface area contributed by atoms with E-state index in [1.807, 2.05) is 0 Å². The van der Waals surface area contributed by atoms with Gasteiger partial charge in [-0.2, -0.15) is 0 Å². The third-order valence-electron chi connectivity index (χ3n) is 3.87. The molecule has 0 atom stereocenters. The van der Waals surface area contributed by atoms with Crippen LogP contribution in [-0.2, 0) is 0 Å². The van der Waals surface area contributed by atoms with E-state index in [0.29, 0.717) is 22.6 Å². The number of hydrogen-bond donors (Lipinski definition) is 0. The molecule has 3 rings (SSSR count). The molecular formula is C20H14Br2O4. The van der Waals surface area contributed by atoms with Gasteiger partial charge in [-0.05, 0) is 47.5 Å². The Bertz CT molecular complexity index is 871. The Balaban J connectivity index is 2.06. The van der Waals surface area contributed by atoms with E-state index in [-0.39, 0.29) is 35.9 Å². The maximum Gasteiger partial charge on any atom is 0.230 e. The number of halogens is 2. The minimum Gasteiger partial charge on any atom is -0.457 e. The molecule has 1 heterocycles. The molecule has 2 aromatic carbocycles. The first-order valence-corrected chi connectivity index (χ1v) is 9.25. The molecule has 0 aliphatic carbocycles. The minimum absolute atomic E-state index is 0.0651. The second-order valence-electron chi connectivity index (χ2n) is 5.73. The largest absolute Gasteiger partial charge is 0.457 e. The Hall–Kier alpha value is -2.18. The molecule has 0 unspecified atom stereocenters. The first-order valence-electron chi connectivity index (χ1n) is 7.66. The standard InChI is InChI=1S/C20H14Br2O4/c1-11-7-12(2)20(24)16-9-14(22)4-6-18(16)26-10-25-17-5-3-13(21)8-15(17)19(11)23/h3-6,8-9H,1-2,7,10H2. The van der Waals surface area contributed by atoms with Crippen molar-refractivity contribution in [2.45, 2.75) is 6.42 Å². The quantitative estimate of drug-likeness (QED) is 0.469. The molecule has 4 nitrogen and oxygen atoms in total. The van der Waals surface area contributed by atoms with Gasteiger partial charge in [0.1, 0.15) is 11.5 Å². The minimum atomic E-state index is -0.301. The zero-order chi connectivity index (χ0) is 18.8. The fourth-order valence-electron chi connectivity index (χ4n) is 2.57. The van der Waals surface area contributed by atoms with Gasteiger partial charge >= 0.3 is 0 Å². The van der Waals surface area contributed by atoms with Gasteiger partial charge in [0.2, 0.25) is 6.79 Å². The number of hydrogen-bond acceptors (Lipinski definition) is 4. The van der Waals surface area contributed by atoms with E-state index in [1.54, 1.807) is 36.4 Å². The van der Waals surface area contributed by atoms with Crippen molar-refractivity contribution in [3.8, 4) is 11.5 Å². The summed E-state index contributed by atoms with van der Waals surface area (Å²) < 4.78 is 12.7. The Labute approximate surface area is 167 Å². The number of benzene rings is 2. The summed E-state index contributed by atoms with van der Waals surface area (Å²) in [7, 11) is 0. The van der Waals surface area contributed by atoms with E-state index in [2.05, 4.69) is 45.0 Å². The van der Waals surface area contributed by atoms with Crippen LogP contribution in [0.3, 0.4) is 0 Å². The average Bonchev–Trinajstić information content (AvgIpc) is 2.61. The normalized spacial score (nSPS) is 15.2. The van der Waals surface area contributed by atoms with E-state index < -0.39 is 0 Å². The predicted octanol–water partition coefficient (Wildman–Crippen LogP) is 5.51. The summed E-state index contributed by atoms with van der Waals surface area (Å²) >= 11 is 6.70. The van der Waals surface area contributed by atoms with Crippen LogP contribution in [0.2, 0.25) is 0 Å². The molecule has 6 heteroatoms. The van der Waals surface area contributed by atoms with Crippen LogP contribution in [0, 0.1) is 0 Å². The van der Waals surface area contributed by atoms with Crippen LogP contribution >= 0.6 is 31.9 Å². The van der Waals surface area contributed by atoms with Gasteiger partial charge in [-0.3, -0.25) is 9.59 Å². The zero-order valence-electron chi connectivity index (χ0n) is 13.7. The van der Waals surface area contributed by atoms with E-state index in [4.69, 9.17) is 9.47 Å². The second kappa shape index (κ2) is 7.60. The SMILES string of the molecule is C=C1CC(=C)C(=O)c2cc(Br)ccc2OCOc2ccc(Br)cc2C1=O. The highest BCUT2D eigenvalue weighted by Gasteiger charge is 2.23. The molecule has 0 radical (unpaired) electrons. The van der Waals surface area contributed by atoms with Gasteiger partial charge in [-0.25, -0.2) is 0 Å². The summed E-state index contributed by atoms with van der Waals surface area (Å²) in [6.07, 6.45) is 0.0651. The maximum atomic E-state index is 12.8. The van der Waals surface area contributed by atoms with E-state index in [0.717, 1.165) is 8.95 Å². The number of Topliss-reactive ketones (excluding diaryl/α,β-unsaturated/α-hetero) is 2. The first kappa shape index (κ1) is 18.6. The highest BCUT2D eigenvalue weighted by atomic mass is 79.9. The molecule has 0 aromatic heterocycles. The molecule has 26 heavy (non-hydrogen) atoms. The Kier molecular flexibility index (Phi) is 5.44. The highest BCUT2D eigenvalue weighted by Crippen LogP contribution is 2.31. The van der Waals surface area contributed by atoms with Crippen molar-refractivity contribution >= 4 is 43.4 Å². The van der Waals surface area contributed by atoms with Gasteiger partial charge in [-0.1, -0.05) is 45.0 Å². The van der Waals surface area contributed by atoms with Crippen LogP contribution in [0.25, 0.3) is 0 Å². The van der Waals surface area contributed by atoms with Crippen molar-refractivity contribution in [3.05, 3.63) is 80.8 Å². The number of allylic oxidation sites excluding steroid dienone is 2. The molecule has 1 aliphatic heterocycles. The monoisotopic (exact) mass is 476 g/mol. The molecule has 0 bridgehead atoms. The van der Waals surface area contributed by atoms with Crippen LogP contribution < -0.4 is 9.47 Å². The third-order valence-corrected chi connectivity index (χ3v) is 4.86. The first-order chi connectivity index (χ1) is 12.4. The number of ketones is 2. The summed E-state index contributed by atoms with van der Waals surface area (Å²) in [4.78, 5) is 25.5. The van der Waals surface area contributed by atoms with E-state index >= 15 is 0 Å². The maximum absolute atomic E-state index is 12.8. The van der Waals surface area contributed by atoms with Gasteiger partial charge < -0.3 is 9.47 Å². The van der Waals surface area contributed by atoms with Crippen LogP contribution in [-0.4, -0.2) is 18.4 Å². The molecule has 0 amide bonds. The van der Waals surface area contributed by atoms with Crippen molar-refractivity contribution < 1.29 is 19.1 Å². The second-order valence-corrected chi connectivity index (χ2v) is 7.56. The number of ether oxygens (including phenoxy) is 2. The molecule has 0 saturated carbocycles. The molecule has 132 valence electrons. The Morgan fingerprint density at radius 2 is 1.19 bits per heavy atom. The summed E-state index contributed by atoms with van der Waals surface area (Å²) in [5.74, 6) is 0.168. The molecular weight excluding hydrogens is 464 g/mol. The zero-order valence-corrected chi connectivity index (χ0v) is 16.9. The summed E-state index contributed by atoms with van der Waals surface area (Å²) in [5, 5.41) is 0. The number of rotatable bonds is 0. The van der Waals surface area contributed by atoms with Gasteiger partial charge in [0.05, 0.1) is 11.1 Å². The van der Waals surface area contributed by atoms with Gasteiger partial charge in [0, 0.05) is 15.4 Å². The van der Waals surface area contributed by atoms with Crippen LogP contribution in [0.5, 0.6) is 11.5 Å². The summed E-state index contributed by atoms with van der Waals surface area (Å²) in [5.41, 5.74) is 1.24. The predicted molar refractivity (Wildman–Crippen MR) is 106 cm³/mol. The fraction of sp³-hybridized carbons (Fsp3) is 0.100. The number of fused-ring (bicyclic) bond motifs is 2. The van der Waals surface area contributed by atoms with Crippen molar-refractivity contribution in [2.75, 3.05) is 6.79 Å². The molecule has 0 fully saturated rings. The van der Waals surface area contributed by atoms with Gasteiger partial charge in [0.25, 0.3) is 0 Å². The van der Waals surface area contributed by atoms with Crippen molar-refractivity contribution in [1.82, 2.24) is 0 Å². The van der Waals surface area contributed by atoms with Crippen molar-refractivity contribution in [3.63, 3.8) is 0 Å². The lowest BCUT2D eigenvalue weighted by Gasteiger charge is -2.17. The Morgan fingerprint density at radius 3 is 1.62 bits per heavy atom. The molecule has 2 aromatic rings. The van der Waals surface area contributed by atoms with Crippen LogP contribution in [0.15, 0.2) is 69.6 Å².